The Hall–Kier alpha value is -2.70. The van der Waals surface area contributed by atoms with E-state index in [0.717, 1.165) is 32.4 Å². The van der Waals surface area contributed by atoms with Crippen LogP contribution in [0.15, 0.2) is 36.4 Å². The third-order valence-corrected chi connectivity index (χ3v) is 5.11. The summed E-state index contributed by atoms with van der Waals surface area (Å²) in [4.78, 5) is 38.2. The van der Waals surface area contributed by atoms with E-state index in [-0.39, 0.29) is 23.2 Å². The van der Waals surface area contributed by atoms with Crippen LogP contribution in [0.25, 0.3) is 0 Å². The lowest BCUT2D eigenvalue weighted by atomic mass is 9.81. The van der Waals surface area contributed by atoms with Crippen LogP contribution in [0, 0.1) is 22.0 Å². The Balaban J connectivity index is 1.75. The molecule has 1 aromatic carbocycles. The molecule has 0 radical (unpaired) electrons. The van der Waals surface area contributed by atoms with E-state index in [1.807, 2.05) is 17.1 Å². The molecule has 1 saturated heterocycles. The number of likely N-dealkylation sites (tertiary alicyclic amines) is 1. The quantitative estimate of drug-likeness (QED) is 0.509. The number of amides is 2. The lowest BCUT2D eigenvalue weighted by Gasteiger charge is -2.34. The highest BCUT2D eigenvalue weighted by molar-refractivity contribution is 5.98. The SMILES string of the molecule is O=C(Nc1ccccc1[N+](=O)[O-])C1CC=CCC1C(=O)N1CCCCC1. The molecule has 3 rings (SSSR count). The molecule has 138 valence electrons. The van der Waals surface area contributed by atoms with Gasteiger partial charge in [-0.2, -0.15) is 0 Å². The van der Waals surface area contributed by atoms with Crippen molar-refractivity contribution in [2.75, 3.05) is 18.4 Å². The van der Waals surface area contributed by atoms with Gasteiger partial charge >= 0.3 is 0 Å². The lowest BCUT2D eigenvalue weighted by Crippen LogP contribution is -2.45. The topological polar surface area (TPSA) is 92.5 Å². The fourth-order valence-electron chi connectivity index (χ4n) is 3.69. The molecule has 1 aliphatic carbocycles. The molecule has 7 nitrogen and oxygen atoms in total. The number of anilines is 1. The van der Waals surface area contributed by atoms with Gasteiger partial charge in [0.15, 0.2) is 0 Å². The molecule has 0 aromatic heterocycles. The number of para-hydroxylation sites is 2. The Morgan fingerprint density at radius 3 is 2.38 bits per heavy atom. The Labute approximate surface area is 152 Å². The van der Waals surface area contributed by atoms with Crippen molar-refractivity contribution >= 4 is 23.2 Å². The molecule has 7 heteroatoms. The number of nitro benzene ring substituents is 1. The van der Waals surface area contributed by atoms with Crippen molar-refractivity contribution in [3.8, 4) is 0 Å². The van der Waals surface area contributed by atoms with Gasteiger partial charge in [0.2, 0.25) is 11.8 Å². The first kappa shape index (κ1) is 18.1. The maximum atomic E-state index is 12.9. The first-order valence-electron chi connectivity index (χ1n) is 9.06. The first-order chi connectivity index (χ1) is 12.6. The molecule has 2 unspecified atom stereocenters. The van der Waals surface area contributed by atoms with Gasteiger partial charge in [-0.05, 0) is 38.2 Å². The maximum absolute atomic E-state index is 12.9. The molecule has 1 fully saturated rings. The number of hydrogen-bond acceptors (Lipinski definition) is 4. The zero-order valence-corrected chi connectivity index (χ0v) is 14.6. The Morgan fingerprint density at radius 1 is 1.04 bits per heavy atom. The van der Waals surface area contributed by atoms with Gasteiger partial charge in [0.1, 0.15) is 5.69 Å². The van der Waals surface area contributed by atoms with E-state index in [4.69, 9.17) is 0 Å². The zero-order valence-electron chi connectivity index (χ0n) is 14.6. The first-order valence-corrected chi connectivity index (χ1v) is 9.06. The van der Waals surface area contributed by atoms with Gasteiger partial charge in [-0.25, -0.2) is 0 Å². The normalized spacial score (nSPS) is 22.7. The van der Waals surface area contributed by atoms with Crippen LogP contribution in [0.4, 0.5) is 11.4 Å². The second-order valence-corrected chi connectivity index (χ2v) is 6.81. The summed E-state index contributed by atoms with van der Waals surface area (Å²) in [7, 11) is 0. The number of nitro groups is 1. The van der Waals surface area contributed by atoms with E-state index in [0.29, 0.717) is 12.8 Å². The lowest BCUT2D eigenvalue weighted by molar-refractivity contribution is -0.383. The van der Waals surface area contributed by atoms with Crippen molar-refractivity contribution in [2.45, 2.75) is 32.1 Å². The number of piperidine rings is 1. The second-order valence-electron chi connectivity index (χ2n) is 6.81. The van der Waals surface area contributed by atoms with Crippen LogP contribution < -0.4 is 5.32 Å². The minimum atomic E-state index is -0.521. The predicted octanol–water partition coefficient (Wildman–Crippen LogP) is 3.13. The predicted molar refractivity (Wildman–Crippen MR) is 97.5 cm³/mol. The number of hydrogen-bond donors (Lipinski definition) is 1. The minimum absolute atomic E-state index is 0.0248. The van der Waals surface area contributed by atoms with Crippen LogP contribution in [0.2, 0.25) is 0 Å². The number of benzene rings is 1. The van der Waals surface area contributed by atoms with Gasteiger partial charge in [-0.1, -0.05) is 24.3 Å². The summed E-state index contributed by atoms with van der Waals surface area (Å²) in [5, 5.41) is 13.8. The molecule has 1 heterocycles. The average Bonchev–Trinajstić information content (AvgIpc) is 2.68. The van der Waals surface area contributed by atoms with Gasteiger partial charge in [0, 0.05) is 19.2 Å². The summed E-state index contributed by atoms with van der Waals surface area (Å²) < 4.78 is 0. The zero-order chi connectivity index (χ0) is 18.5. The van der Waals surface area contributed by atoms with Crippen LogP contribution >= 0.6 is 0 Å². The van der Waals surface area contributed by atoms with Gasteiger partial charge in [-0.15, -0.1) is 0 Å². The van der Waals surface area contributed by atoms with Crippen molar-refractivity contribution in [3.63, 3.8) is 0 Å². The highest BCUT2D eigenvalue weighted by atomic mass is 16.6. The molecule has 2 aliphatic rings. The van der Waals surface area contributed by atoms with E-state index in [1.54, 1.807) is 12.1 Å². The highest BCUT2D eigenvalue weighted by Gasteiger charge is 2.37. The molecule has 0 spiro atoms. The standard InChI is InChI=1S/C19H23N3O4/c23-18(20-16-10-4-5-11-17(16)22(25)26)14-8-2-3-9-15(14)19(24)21-12-6-1-7-13-21/h2-5,10-11,14-15H,1,6-9,12-13H2,(H,20,23). The Morgan fingerprint density at radius 2 is 1.69 bits per heavy atom. The van der Waals surface area contributed by atoms with Crippen molar-refractivity contribution in [3.05, 3.63) is 46.5 Å². The molecule has 2 amide bonds. The molecule has 1 N–H and O–H groups in total. The molecular weight excluding hydrogens is 334 g/mol. The monoisotopic (exact) mass is 357 g/mol. The average molecular weight is 357 g/mol. The third kappa shape index (κ3) is 3.92. The van der Waals surface area contributed by atoms with E-state index in [1.165, 1.54) is 12.1 Å². The summed E-state index contributed by atoms with van der Waals surface area (Å²) in [5.41, 5.74) is 0.0207. The van der Waals surface area contributed by atoms with Crippen molar-refractivity contribution in [2.24, 2.45) is 11.8 Å². The highest BCUT2D eigenvalue weighted by Crippen LogP contribution is 2.31. The molecule has 1 aromatic rings. The van der Waals surface area contributed by atoms with Gasteiger partial charge < -0.3 is 10.2 Å². The van der Waals surface area contributed by atoms with Crippen LogP contribution in [-0.4, -0.2) is 34.7 Å². The summed E-state index contributed by atoms with van der Waals surface area (Å²) in [6.45, 7) is 1.50. The molecule has 0 bridgehead atoms. The number of nitrogens with one attached hydrogen (secondary N) is 1. The fraction of sp³-hybridized carbons (Fsp3) is 0.474. The van der Waals surface area contributed by atoms with E-state index in [9.17, 15) is 19.7 Å². The van der Waals surface area contributed by atoms with Crippen molar-refractivity contribution in [1.29, 1.82) is 0 Å². The Bertz CT molecular complexity index is 725. The third-order valence-electron chi connectivity index (χ3n) is 5.11. The van der Waals surface area contributed by atoms with Gasteiger partial charge in [0.25, 0.3) is 5.69 Å². The van der Waals surface area contributed by atoms with Gasteiger partial charge in [-0.3, -0.25) is 19.7 Å². The van der Waals surface area contributed by atoms with E-state index < -0.39 is 16.8 Å². The number of allylic oxidation sites excluding steroid dienone is 2. The minimum Gasteiger partial charge on any atom is -0.342 e. The van der Waals surface area contributed by atoms with E-state index >= 15 is 0 Å². The summed E-state index contributed by atoms with van der Waals surface area (Å²) in [5.74, 6) is -1.22. The second kappa shape index (κ2) is 8.12. The number of nitrogens with zero attached hydrogens (tertiary/aromatic N) is 2. The molecule has 2 atom stereocenters. The van der Waals surface area contributed by atoms with E-state index in [2.05, 4.69) is 5.32 Å². The van der Waals surface area contributed by atoms with Crippen LogP contribution in [0.3, 0.4) is 0 Å². The largest absolute Gasteiger partial charge is 0.342 e. The number of carbonyl (C=O) groups excluding carboxylic acids is 2. The molecular formula is C19H23N3O4. The van der Waals surface area contributed by atoms with Gasteiger partial charge in [0.05, 0.1) is 16.8 Å². The smallest absolute Gasteiger partial charge is 0.292 e. The maximum Gasteiger partial charge on any atom is 0.292 e. The van der Waals surface area contributed by atoms with Crippen LogP contribution in [-0.2, 0) is 9.59 Å². The summed E-state index contributed by atoms with van der Waals surface area (Å²) >= 11 is 0. The number of carbonyl (C=O) groups is 2. The fourth-order valence-corrected chi connectivity index (χ4v) is 3.69. The molecule has 0 saturated carbocycles. The Kier molecular flexibility index (Phi) is 5.65. The van der Waals surface area contributed by atoms with Crippen LogP contribution in [0.1, 0.15) is 32.1 Å². The molecule has 1 aliphatic heterocycles. The summed E-state index contributed by atoms with van der Waals surface area (Å²) in [6, 6.07) is 6.06. The molecule has 26 heavy (non-hydrogen) atoms. The van der Waals surface area contributed by atoms with Crippen LogP contribution in [0.5, 0.6) is 0 Å². The van der Waals surface area contributed by atoms with Crippen molar-refractivity contribution < 1.29 is 14.5 Å². The summed E-state index contributed by atoms with van der Waals surface area (Å²) in [6.07, 6.45) is 7.99. The van der Waals surface area contributed by atoms with Crippen molar-refractivity contribution in [1.82, 2.24) is 4.90 Å². The number of rotatable bonds is 4.